The summed E-state index contributed by atoms with van der Waals surface area (Å²) >= 11 is 0. The fourth-order valence-electron chi connectivity index (χ4n) is 7.44. The van der Waals surface area contributed by atoms with Gasteiger partial charge in [0, 0.05) is 11.8 Å². The highest BCUT2D eigenvalue weighted by molar-refractivity contribution is 5.69. The first-order chi connectivity index (χ1) is 12.5. The molecule has 144 valence electrons. The molecule has 3 fully saturated rings. The lowest BCUT2D eigenvalue weighted by Gasteiger charge is -2.58. The summed E-state index contributed by atoms with van der Waals surface area (Å²) in [5.41, 5.74) is 1.36. The zero-order chi connectivity index (χ0) is 18.5. The molecule has 0 aromatic heterocycles. The van der Waals surface area contributed by atoms with Crippen LogP contribution in [0.1, 0.15) is 78.6 Å². The Kier molecular flexibility index (Phi) is 4.56. The first-order valence-corrected chi connectivity index (χ1v) is 10.8. The number of carbonyl (C=O) groups is 2. The van der Waals surface area contributed by atoms with E-state index in [0.29, 0.717) is 30.1 Å². The molecule has 0 N–H and O–H groups in total. The van der Waals surface area contributed by atoms with Gasteiger partial charge in [-0.3, -0.25) is 4.79 Å². The predicted octanol–water partition coefficient (Wildman–Crippen LogP) is 5.09. The average Bonchev–Trinajstić information content (AvgIpc) is 2.98. The van der Waals surface area contributed by atoms with Gasteiger partial charge in [0.1, 0.15) is 12.4 Å². The van der Waals surface area contributed by atoms with Gasteiger partial charge in [0.05, 0.1) is 5.41 Å². The molecule has 4 aliphatic carbocycles. The standard InChI is InChI=1S/C23H34O3/c1-4-21(25)26-20-9-8-18-16-13-15(2)17-7-5-6-11-23(17,14-24)19(16)10-12-22(18,20)3/h7,14-16,18-20H,4-6,8-13H2,1-3H3/t15?,16-,18-,19+,20?,22-,23+/m0/s1. The van der Waals surface area contributed by atoms with Crippen molar-refractivity contribution in [1.82, 2.24) is 0 Å². The Morgan fingerprint density at radius 2 is 2.08 bits per heavy atom. The van der Waals surface area contributed by atoms with E-state index in [1.807, 2.05) is 6.92 Å². The Hall–Kier alpha value is -1.12. The SMILES string of the molecule is CCC(=O)OC1CC[C@H]2[C@@H]3CC(C)C4=CCCC[C@]4(C=O)[C@@H]3CC[C@]12C. The van der Waals surface area contributed by atoms with Gasteiger partial charge in [0.2, 0.25) is 0 Å². The van der Waals surface area contributed by atoms with Crippen molar-refractivity contribution in [2.75, 3.05) is 0 Å². The number of hydrogen-bond acceptors (Lipinski definition) is 3. The zero-order valence-corrected chi connectivity index (χ0v) is 16.6. The van der Waals surface area contributed by atoms with E-state index in [0.717, 1.165) is 44.9 Å². The molecule has 0 amide bonds. The van der Waals surface area contributed by atoms with Gasteiger partial charge in [-0.2, -0.15) is 0 Å². The summed E-state index contributed by atoms with van der Waals surface area (Å²) < 4.78 is 5.88. The summed E-state index contributed by atoms with van der Waals surface area (Å²) in [7, 11) is 0. The fourth-order valence-corrected chi connectivity index (χ4v) is 7.44. The van der Waals surface area contributed by atoms with Gasteiger partial charge in [-0.25, -0.2) is 0 Å². The Bertz CT molecular complexity index is 623. The maximum atomic E-state index is 12.4. The third kappa shape index (κ3) is 2.45. The molecule has 0 aliphatic heterocycles. The van der Waals surface area contributed by atoms with E-state index in [2.05, 4.69) is 19.9 Å². The van der Waals surface area contributed by atoms with Crippen molar-refractivity contribution < 1.29 is 14.3 Å². The molecular formula is C23H34O3. The molecule has 3 heteroatoms. The second-order valence-corrected chi connectivity index (χ2v) is 9.68. The molecule has 0 saturated heterocycles. The number of esters is 1. The van der Waals surface area contributed by atoms with Crippen molar-refractivity contribution in [1.29, 1.82) is 0 Å². The summed E-state index contributed by atoms with van der Waals surface area (Å²) in [6, 6.07) is 0. The zero-order valence-electron chi connectivity index (χ0n) is 16.6. The smallest absolute Gasteiger partial charge is 0.305 e. The summed E-state index contributed by atoms with van der Waals surface area (Å²) in [4.78, 5) is 24.4. The molecule has 0 aromatic rings. The molecule has 3 nitrogen and oxygen atoms in total. The van der Waals surface area contributed by atoms with Crippen LogP contribution >= 0.6 is 0 Å². The van der Waals surface area contributed by atoms with Crippen molar-refractivity contribution in [3.05, 3.63) is 11.6 Å². The molecule has 7 atom stereocenters. The van der Waals surface area contributed by atoms with Crippen LogP contribution in [0.2, 0.25) is 0 Å². The number of ether oxygens (including phenoxy) is 1. The molecule has 0 radical (unpaired) electrons. The molecule has 2 unspecified atom stereocenters. The van der Waals surface area contributed by atoms with Crippen LogP contribution in [0, 0.1) is 34.5 Å². The second kappa shape index (κ2) is 6.49. The van der Waals surface area contributed by atoms with Crippen molar-refractivity contribution in [3.8, 4) is 0 Å². The van der Waals surface area contributed by atoms with Gasteiger partial charge >= 0.3 is 5.97 Å². The number of fused-ring (bicyclic) bond motifs is 5. The van der Waals surface area contributed by atoms with Gasteiger partial charge in [-0.15, -0.1) is 0 Å². The van der Waals surface area contributed by atoms with Gasteiger partial charge in [-0.1, -0.05) is 32.4 Å². The number of carbonyl (C=O) groups excluding carboxylic acids is 2. The first-order valence-electron chi connectivity index (χ1n) is 10.8. The lowest BCUT2D eigenvalue weighted by molar-refractivity contribution is -0.160. The Morgan fingerprint density at radius 3 is 2.81 bits per heavy atom. The fraction of sp³-hybridized carbons (Fsp3) is 0.826. The number of aldehydes is 1. The topological polar surface area (TPSA) is 43.4 Å². The van der Waals surface area contributed by atoms with E-state index in [-0.39, 0.29) is 22.9 Å². The van der Waals surface area contributed by atoms with E-state index in [1.165, 1.54) is 18.3 Å². The summed E-state index contributed by atoms with van der Waals surface area (Å²) in [6.45, 7) is 6.57. The molecule has 0 heterocycles. The monoisotopic (exact) mass is 358 g/mol. The molecular weight excluding hydrogens is 324 g/mol. The maximum Gasteiger partial charge on any atom is 0.305 e. The second-order valence-electron chi connectivity index (χ2n) is 9.68. The third-order valence-electron chi connectivity index (χ3n) is 8.64. The van der Waals surface area contributed by atoms with Crippen LogP contribution in [0.15, 0.2) is 11.6 Å². The molecule has 0 bridgehead atoms. The van der Waals surface area contributed by atoms with E-state index in [4.69, 9.17) is 4.74 Å². The van der Waals surface area contributed by atoms with Gasteiger partial charge in [0.15, 0.2) is 0 Å². The van der Waals surface area contributed by atoms with Crippen LogP contribution in [0.4, 0.5) is 0 Å². The maximum absolute atomic E-state index is 12.4. The number of allylic oxidation sites excluding steroid dienone is 2. The van der Waals surface area contributed by atoms with Crippen LogP contribution in [0.25, 0.3) is 0 Å². The summed E-state index contributed by atoms with van der Waals surface area (Å²) in [6.07, 6.45) is 13.2. The number of rotatable bonds is 3. The van der Waals surface area contributed by atoms with Gasteiger partial charge < -0.3 is 9.53 Å². The first kappa shape index (κ1) is 18.3. The van der Waals surface area contributed by atoms with Crippen molar-refractivity contribution in [2.45, 2.75) is 84.7 Å². The van der Waals surface area contributed by atoms with Crippen LogP contribution in [0.3, 0.4) is 0 Å². The van der Waals surface area contributed by atoms with E-state index >= 15 is 0 Å². The molecule has 4 aliphatic rings. The van der Waals surface area contributed by atoms with Crippen molar-refractivity contribution >= 4 is 12.3 Å². The molecule has 0 aromatic carbocycles. The molecule has 4 rings (SSSR count). The van der Waals surface area contributed by atoms with Crippen molar-refractivity contribution in [2.24, 2.45) is 34.5 Å². The van der Waals surface area contributed by atoms with Gasteiger partial charge in [-0.05, 0) is 75.0 Å². The third-order valence-corrected chi connectivity index (χ3v) is 8.64. The van der Waals surface area contributed by atoms with Crippen LogP contribution in [-0.4, -0.2) is 18.4 Å². The average molecular weight is 359 g/mol. The predicted molar refractivity (Wildman–Crippen MR) is 101 cm³/mol. The Morgan fingerprint density at radius 1 is 1.27 bits per heavy atom. The quantitative estimate of drug-likeness (QED) is 0.401. The molecule has 3 saturated carbocycles. The number of hydrogen-bond donors (Lipinski definition) is 0. The Labute approximate surface area is 157 Å². The van der Waals surface area contributed by atoms with Crippen LogP contribution < -0.4 is 0 Å². The lowest BCUT2D eigenvalue weighted by Crippen LogP contribution is -2.54. The van der Waals surface area contributed by atoms with E-state index < -0.39 is 0 Å². The Balaban J connectivity index is 1.65. The highest BCUT2D eigenvalue weighted by Gasteiger charge is 2.61. The van der Waals surface area contributed by atoms with Gasteiger partial charge in [0.25, 0.3) is 0 Å². The van der Waals surface area contributed by atoms with E-state index in [1.54, 1.807) is 0 Å². The summed E-state index contributed by atoms with van der Waals surface area (Å²) in [5.74, 6) is 2.16. The minimum Gasteiger partial charge on any atom is -0.462 e. The molecule has 26 heavy (non-hydrogen) atoms. The normalized spacial score (nSPS) is 47.2. The lowest BCUT2D eigenvalue weighted by atomic mass is 9.45. The van der Waals surface area contributed by atoms with Crippen LogP contribution in [-0.2, 0) is 14.3 Å². The highest BCUT2D eigenvalue weighted by atomic mass is 16.5. The highest BCUT2D eigenvalue weighted by Crippen LogP contribution is 2.66. The largest absolute Gasteiger partial charge is 0.462 e. The van der Waals surface area contributed by atoms with Crippen LogP contribution in [0.5, 0.6) is 0 Å². The summed E-state index contributed by atoms with van der Waals surface area (Å²) in [5, 5.41) is 0. The minimum absolute atomic E-state index is 0.0575. The van der Waals surface area contributed by atoms with Crippen molar-refractivity contribution in [3.63, 3.8) is 0 Å². The molecule has 0 spiro atoms. The van der Waals surface area contributed by atoms with E-state index in [9.17, 15) is 9.59 Å². The minimum atomic E-state index is -0.194.